The molecule has 0 saturated carbocycles. The first-order chi connectivity index (χ1) is 9.01. The van der Waals surface area contributed by atoms with E-state index in [1.165, 1.54) is 0 Å². The maximum absolute atomic E-state index is 6.05. The zero-order valence-electron chi connectivity index (χ0n) is 10.6. The SMILES string of the molecule is CCc1cc(Oc2nc(Cl)nc(C)c2N)ccc1Cl. The second-order valence-corrected chi connectivity index (χ2v) is 4.75. The molecule has 6 heteroatoms. The number of nitrogens with zero attached hydrogens (tertiary/aromatic N) is 2. The van der Waals surface area contributed by atoms with Gasteiger partial charge in [0.2, 0.25) is 11.2 Å². The predicted octanol–water partition coefficient (Wildman–Crippen LogP) is 4.03. The molecular formula is C13H13Cl2N3O. The first kappa shape index (κ1) is 13.9. The molecule has 0 unspecified atom stereocenters. The van der Waals surface area contributed by atoms with Gasteiger partial charge in [-0.2, -0.15) is 4.98 Å². The number of hydrogen-bond acceptors (Lipinski definition) is 4. The van der Waals surface area contributed by atoms with E-state index in [4.69, 9.17) is 33.7 Å². The molecular weight excluding hydrogens is 285 g/mol. The molecule has 0 bridgehead atoms. The van der Waals surface area contributed by atoms with Gasteiger partial charge in [-0.25, -0.2) is 4.98 Å². The molecule has 2 aromatic rings. The molecule has 19 heavy (non-hydrogen) atoms. The van der Waals surface area contributed by atoms with E-state index in [-0.39, 0.29) is 11.2 Å². The Balaban J connectivity index is 2.36. The number of rotatable bonds is 3. The fourth-order valence-electron chi connectivity index (χ4n) is 1.60. The molecule has 2 N–H and O–H groups in total. The molecule has 100 valence electrons. The lowest BCUT2D eigenvalue weighted by Crippen LogP contribution is -2.01. The summed E-state index contributed by atoms with van der Waals surface area (Å²) in [6.45, 7) is 3.76. The third-order valence-corrected chi connectivity index (χ3v) is 3.22. The normalized spacial score (nSPS) is 10.5. The van der Waals surface area contributed by atoms with Crippen LogP contribution in [0.2, 0.25) is 10.3 Å². The van der Waals surface area contributed by atoms with Crippen LogP contribution < -0.4 is 10.5 Å². The van der Waals surface area contributed by atoms with Crippen LogP contribution in [0.5, 0.6) is 11.6 Å². The summed E-state index contributed by atoms with van der Waals surface area (Å²) in [6.07, 6.45) is 0.815. The van der Waals surface area contributed by atoms with Crippen LogP contribution in [0, 0.1) is 6.92 Å². The molecule has 0 aliphatic rings. The monoisotopic (exact) mass is 297 g/mol. The molecule has 1 heterocycles. The Hall–Kier alpha value is -1.52. The average Bonchev–Trinajstić information content (AvgIpc) is 2.37. The smallest absolute Gasteiger partial charge is 0.247 e. The summed E-state index contributed by atoms with van der Waals surface area (Å²) in [5, 5.41) is 0.811. The minimum Gasteiger partial charge on any atom is -0.437 e. The molecule has 0 atom stereocenters. The van der Waals surface area contributed by atoms with Crippen LogP contribution in [0.25, 0.3) is 0 Å². The van der Waals surface area contributed by atoms with E-state index in [2.05, 4.69) is 9.97 Å². The van der Waals surface area contributed by atoms with Crippen LogP contribution in [0.3, 0.4) is 0 Å². The van der Waals surface area contributed by atoms with Crippen molar-refractivity contribution >= 4 is 28.9 Å². The second kappa shape index (κ2) is 5.63. The molecule has 0 saturated heterocycles. The van der Waals surface area contributed by atoms with Gasteiger partial charge in [-0.3, -0.25) is 0 Å². The fourth-order valence-corrected chi connectivity index (χ4v) is 2.05. The van der Waals surface area contributed by atoms with E-state index >= 15 is 0 Å². The molecule has 0 spiro atoms. The molecule has 0 fully saturated rings. The Morgan fingerprint density at radius 1 is 1.26 bits per heavy atom. The lowest BCUT2D eigenvalue weighted by atomic mass is 10.1. The summed E-state index contributed by atoms with van der Waals surface area (Å²) in [7, 11) is 0. The zero-order valence-corrected chi connectivity index (χ0v) is 12.1. The third-order valence-electron chi connectivity index (χ3n) is 2.69. The minimum absolute atomic E-state index is 0.103. The third kappa shape index (κ3) is 3.08. The summed E-state index contributed by atoms with van der Waals surface area (Å²) in [4.78, 5) is 7.93. The topological polar surface area (TPSA) is 61.0 Å². The van der Waals surface area contributed by atoms with Gasteiger partial charge in [-0.05, 0) is 48.7 Å². The lowest BCUT2D eigenvalue weighted by Gasteiger charge is -2.10. The van der Waals surface area contributed by atoms with Crippen LogP contribution in [0.4, 0.5) is 5.69 Å². The lowest BCUT2D eigenvalue weighted by molar-refractivity contribution is 0.463. The summed E-state index contributed by atoms with van der Waals surface area (Å²) < 4.78 is 5.65. The number of nitrogens with two attached hydrogens (primary N) is 1. The summed E-state index contributed by atoms with van der Waals surface area (Å²) in [5.74, 6) is 0.865. The number of anilines is 1. The highest BCUT2D eigenvalue weighted by molar-refractivity contribution is 6.31. The van der Waals surface area contributed by atoms with Gasteiger partial charge < -0.3 is 10.5 Å². The summed E-state index contributed by atoms with van der Waals surface area (Å²) in [5.41, 5.74) is 7.82. The molecule has 1 aromatic carbocycles. The van der Waals surface area contributed by atoms with Crippen LogP contribution in [0.15, 0.2) is 18.2 Å². The zero-order chi connectivity index (χ0) is 14.0. The Bertz CT molecular complexity index is 617. The van der Waals surface area contributed by atoms with Crippen molar-refractivity contribution in [3.8, 4) is 11.6 Å². The molecule has 0 aliphatic carbocycles. The van der Waals surface area contributed by atoms with Gasteiger partial charge >= 0.3 is 0 Å². The van der Waals surface area contributed by atoms with Crippen LogP contribution >= 0.6 is 23.2 Å². The van der Waals surface area contributed by atoms with Crippen molar-refractivity contribution in [2.24, 2.45) is 0 Å². The number of benzene rings is 1. The van der Waals surface area contributed by atoms with Gasteiger partial charge in [-0.15, -0.1) is 0 Å². The summed E-state index contributed by atoms with van der Waals surface area (Å²) in [6, 6.07) is 5.39. The number of aromatic nitrogens is 2. The largest absolute Gasteiger partial charge is 0.437 e. The predicted molar refractivity (Wildman–Crippen MR) is 77.1 cm³/mol. The number of halogens is 2. The first-order valence-electron chi connectivity index (χ1n) is 5.77. The second-order valence-electron chi connectivity index (χ2n) is 4.01. The number of aryl methyl sites for hydroxylation is 2. The Morgan fingerprint density at radius 3 is 2.68 bits per heavy atom. The molecule has 2 rings (SSSR count). The quantitative estimate of drug-likeness (QED) is 0.869. The highest BCUT2D eigenvalue weighted by Gasteiger charge is 2.11. The van der Waals surface area contributed by atoms with Crippen molar-refractivity contribution in [1.82, 2.24) is 9.97 Å². The van der Waals surface area contributed by atoms with Gasteiger partial charge in [0.15, 0.2) is 0 Å². The van der Waals surface area contributed by atoms with Crippen LogP contribution in [-0.2, 0) is 6.42 Å². The fraction of sp³-hybridized carbons (Fsp3) is 0.231. The van der Waals surface area contributed by atoms with Gasteiger partial charge in [0.05, 0.1) is 5.69 Å². The Morgan fingerprint density at radius 2 is 2.00 bits per heavy atom. The van der Waals surface area contributed by atoms with E-state index in [0.717, 1.165) is 12.0 Å². The van der Waals surface area contributed by atoms with Crippen molar-refractivity contribution in [3.63, 3.8) is 0 Å². The van der Waals surface area contributed by atoms with Crippen LogP contribution in [-0.4, -0.2) is 9.97 Å². The van der Waals surface area contributed by atoms with Crippen molar-refractivity contribution in [2.75, 3.05) is 5.73 Å². The van der Waals surface area contributed by atoms with E-state index in [0.29, 0.717) is 22.2 Å². The maximum Gasteiger partial charge on any atom is 0.247 e. The standard InChI is InChI=1S/C13H13Cl2N3O/c1-3-8-6-9(4-5-10(8)14)19-12-11(16)7(2)17-13(15)18-12/h4-6H,3,16H2,1-2H3. The average molecular weight is 298 g/mol. The van der Waals surface area contributed by atoms with Gasteiger partial charge in [0.1, 0.15) is 11.4 Å². The van der Waals surface area contributed by atoms with Crippen molar-refractivity contribution < 1.29 is 4.74 Å². The Kier molecular flexibility index (Phi) is 4.12. The first-order valence-corrected chi connectivity index (χ1v) is 6.52. The minimum atomic E-state index is 0.103. The number of nitrogen functional groups attached to an aromatic ring is 1. The van der Waals surface area contributed by atoms with E-state index in [9.17, 15) is 0 Å². The van der Waals surface area contributed by atoms with Gasteiger partial charge in [0.25, 0.3) is 0 Å². The van der Waals surface area contributed by atoms with E-state index < -0.39 is 0 Å². The van der Waals surface area contributed by atoms with Gasteiger partial charge in [-0.1, -0.05) is 18.5 Å². The molecule has 0 amide bonds. The Labute approximate surface area is 121 Å². The molecule has 0 radical (unpaired) electrons. The number of hydrogen-bond donors (Lipinski definition) is 1. The highest BCUT2D eigenvalue weighted by Crippen LogP contribution is 2.30. The van der Waals surface area contributed by atoms with Crippen molar-refractivity contribution in [2.45, 2.75) is 20.3 Å². The molecule has 1 aromatic heterocycles. The van der Waals surface area contributed by atoms with Crippen LogP contribution in [0.1, 0.15) is 18.2 Å². The molecule has 0 aliphatic heterocycles. The van der Waals surface area contributed by atoms with Gasteiger partial charge in [0, 0.05) is 5.02 Å². The summed E-state index contributed by atoms with van der Waals surface area (Å²) >= 11 is 11.8. The van der Waals surface area contributed by atoms with Crippen molar-refractivity contribution in [1.29, 1.82) is 0 Å². The number of ether oxygens (including phenoxy) is 1. The van der Waals surface area contributed by atoms with Crippen molar-refractivity contribution in [3.05, 3.63) is 39.8 Å². The maximum atomic E-state index is 6.05. The van der Waals surface area contributed by atoms with E-state index in [1.54, 1.807) is 19.1 Å². The molecule has 4 nitrogen and oxygen atoms in total. The highest BCUT2D eigenvalue weighted by atomic mass is 35.5. The van der Waals surface area contributed by atoms with E-state index in [1.807, 2.05) is 13.0 Å².